The Labute approximate surface area is 608 Å². The number of carbonyl (C=O) groups is 4. The lowest BCUT2D eigenvalue weighted by atomic mass is 10.0. The number of aliphatic hydroxyl groups excluding tert-OH is 1. The van der Waals surface area contributed by atoms with E-state index in [1.165, 1.54) is 141 Å². The average Bonchev–Trinajstić information content (AvgIpc) is 0.946. The van der Waals surface area contributed by atoms with Crippen LogP contribution >= 0.6 is 15.6 Å². The van der Waals surface area contributed by atoms with Gasteiger partial charge in [0, 0.05) is 25.7 Å². The van der Waals surface area contributed by atoms with Crippen LogP contribution in [0.5, 0.6) is 0 Å². The van der Waals surface area contributed by atoms with Gasteiger partial charge in [0.25, 0.3) is 0 Å². The zero-order valence-electron chi connectivity index (χ0n) is 63.4. The standard InChI is InChI=1S/C81H144O17P2/c1-5-9-13-17-21-25-29-33-35-36-37-38-40-43-46-50-54-58-62-66-79(84)92-72-77(98-81(86)68-64-60-56-52-48-44-39-34-30-26-22-18-14-10-6-2)74-96-100(89,90)94-70-75(82)69-93-99(87,88)95-73-76(97-80(85)67-63-59-55-51-47-42-32-28-24-20-16-12-8-4)71-91-78(83)65-61-57-53-49-45-41-31-27-23-19-15-11-7-3/h9,13,21,25,27,31,33,35,37-38,43,46,54,58,75-77,82H,5-8,10-12,14-20,22-24,26,28-30,32,34,36,39-42,44-45,47-53,55-57,59-74H2,1-4H3,(H,87,88)(H,89,90)/b13-9-,25-21-,31-27-,35-33-,38-37-,46-43-,58-54-. The molecule has 580 valence electrons. The number of phosphoric acid groups is 2. The molecule has 17 nitrogen and oxygen atoms in total. The molecule has 5 unspecified atom stereocenters. The van der Waals surface area contributed by atoms with Crippen molar-refractivity contribution in [3.63, 3.8) is 0 Å². The zero-order chi connectivity index (χ0) is 73.2. The van der Waals surface area contributed by atoms with Gasteiger partial charge in [-0.25, -0.2) is 9.13 Å². The molecule has 0 radical (unpaired) electrons. The number of aliphatic hydroxyl groups is 1. The number of carbonyl (C=O) groups excluding carboxylic acids is 4. The summed E-state index contributed by atoms with van der Waals surface area (Å²) in [5.74, 6) is -2.25. The summed E-state index contributed by atoms with van der Waals surface area (Å²) in [4.78, 5) is 72.9. The first-order chi connectivity index (χ1) is 48.7. The van der Waals surface area contributed by atoms with Crippen LogP contribution in [0.4, 0.5) is 0 Å². The van der Waals surface area contributed by atoms with Crippen LogP contribution in [-0.4, -0.2) is 96.7 Å². The molecule has 3 N–H and O–H groups in total. The fourth-order valence-corrected chi connectivity index (χ4v) is 12.4. The topological polar surface area (TPSA) is 237 Å². The molecular weight excluding hydrogens is 1310 g/mol. The van der Waals surface area contributed by atoms with Gasteiger partial charge >= 0.3 is 39.5 Å². The fraction of sp³-hybridized carbons (Fsp3) is 0.778. The Morgan fingerprint density at radius 2 is 0.540 bits per heavy atom. The normalized spacial score (nSPS) is 14.3. The second-order valence-electron chi connectivity index (χ2n) is 26.6. The number of unbranched alkanes of at least 4 members (excludes halogenated alkanes) is 35. The van der Waals surface area contributed by atoms with E-state index in [-0.39, 0.29) is 25.7 Å². The van der Waals surface area contributed by atoms with Gasteiger partial charge in [0.1, 0.15) is 19.3 Å². The van der Waals surface area contributed by atoms with Crippen molar-refractivity contribution in [1.82, 2.24) is 0 Å². The molecule has 0 aromatic heterocycles. The summed E-state index contributed by atoms with van der Waals surface area (Å²) in [6.45, 7) is 4.71. The first kappa shape index (κ1) is 96.2. The number of esters is 4. The van der Waals surface area contributed by atoms with E-state index >= 15 is 0 Å². The Balaban J connectivity index is 5.38. The third-order valence-electron chi connectivity index (χ3n) is 16.9. The van der Waals surface area contributed by atoms with Crippen LogP contribution in [0.1, 0.15) is 349 Å². The highest BCUT2D eigenvalue weighted by Crippen LogP contribution is 2.45. The summed E-state index contributed by atoms with van der Waals surface area (Å²) >= 11 is 0. The summed E-state index contributed by atoms with van der Waals surface area (Å²) in [7, 11) is -9.96. The van der Waals surface area contributed by atoms with E-state index in [0.29, 0.717) is 32.1 Å². The van der Waals surface area contributed by atoms with Crippen LogP contribution in [0, 0.1) is 0 Å². The monoisotopic (exact) mass is 1450 g/mol. The highest BCUT2D eigenvalue weighted by atomic mass is 31.2. The number of hydrogen-bond acceptors (Lipinski definition) is 15. The molecule has 0 spiro atoms. The van der Waals surface area contributed by atoms with Crippen LogP contribution in [0.3, 0.4) is 0 Å². The van der Waals surface area contributed by atoms with Gasteiger partial charge in [-0.1, -0.05) is 318 Å². The van der Waals surface area contributed by atoms with Crippen LogP contribution < -0.4 is 0 Å². The molecule has 5 atom stereocenters. The Bertz CT molecular complexity index is 2230. The summed E-state index contributed by atoms with van der Waals surface area (Å²) < 4.78 is 68.5. The summed E-state index contributed by atoms with van der Waals surface area (Å²) in [5.41, 5.74) is 0. The van der Waals surface area contributed by atoms with E-state index in [4.69, 9.17) is 37.0 Å². The predicted molar refractivity (Wildman–Crippen MR) is 409 cm³/mol. The van der Waals surface area contributed by atoms with Crippen molar-refractivity contribution < 1.29 is 80.2 Å². The van der Waals surface area contributed by atoms with Gasteiger partial charge in [0.05, 0.1) is 26.4 Å². The van der Waals surface area contributed by atoms with Crippen LogP contribution in [0.15, 0.2) is 85.1 Å². The van der Waals surface area contributed by atoms with Crippen molar-refractivity contribution >= 4 is 39.5 Å². The lowest BCUT2D eigenvalue weighted by Crippen LogP contribution is -2.30. The molecular formula is C81H144O17P2. The fourth-order valence-electron chi connectivity index (χ4n) is 10.8. The molecule has 0 heterocycles. The maximum absolute atomic E-state index is 13.1. The minimum absolute atomic E-state index is 0.0392. The van der Waals surface area contributed by atoms with Gasteiger partial charge in [-0.15, -0.1) is 0 Å². The number of phosphoric ester groups is 2. The molecule has 19 heteroatoms. The molecule has 0 aromatic carbocycles. The summed E-state index contributed by atoms with van der Waals surface area (Å²) in [5, 5.41) is 10.6. The van der Waals surface area contributed by atoms with Gasteiger partial charge in [-0.2, -0.15) is 0 Å². The molecule has 0 fully saturated rings. The molecule has 0 aliphatic heterocycles. The first-order valence-electron chi connectivity index (χ1n) is 39.8. The predicted octanol–water partition coefficient (Wildman–Crippen LogP) is 23.0. The molecule has 0 aliphatic rings. The van der Waals surface area contributed by atoms with E-state index in [0.717, 1.165) is 122 Å². The molecule has 0 rings (SSSR count). The van der Waals surface area contributed by atoms with Crippen molar-refractivity contribution in [2.75, 3.05) is 39.6 Å². The minimum atomic E-state index is -4.99. The second-order valence-corrected chi connectivity index (χ2v) is 29.5. The van der Waals surface area contributed by atoms with Gasteiger partial charge in [-0.3, -0.25) is 37.3 Å². The van der Waals surface area contributed by atoms with Gasteiger partial charge in [-0.05, 0) is 89.9 Å². The summed E-state index contributed by atoms with van der Waals surface area (Å²) in [6.07, 6.45) is 75.8. The van der Waals surface area contributed by atoms with Crippen LogP contribution in [-0.2, 0) is 65.4 Å². The van der Waals surface area contributed by atoms with E-state index in [1.807, 2.05) is 12.2 Å². The number of rotatable bonds is 75. The largest absolute Gasteiger partial charge is 0.472 e. The smallest absolute Gasteiger partial charge is 0.462 e. The van der Waals surface area contributed by atoms with Gasteiger partial charge in [0.2, 0.25) is 0 Å². The Morgan fingerprint density at radius 3 is 0.870 bits per heavy atom. The molecule has 0 saturated heterocycles. The highest BCUT2D eigenvalue weighted by Gasteiger charge is 2.30. The number of hydrogen-bond donors (Lipinski definition) is 3. The molecule has 0 aliphatic carbocycles. The van der Waals surface area contributed by atoms with Crippen LogP contribution in [0.25, 0.3) is 0 Å². The molecule has 0 amide bonds. The van der Waals surface area contributed by atoms with Crippen molar-refractivity contribution in [2.45, 2.75) is 367 Å². The summed E-state index contributed by atoms with van der Waals surface area (Å²) in [6, 6.07) is 0. The van der Waals surface area contributed by atoms with Crippen molar-refractivity contribution in [1.29, 1.82) is 0 Å². The third kappa shape index (κ3) is 72.6. The Morgan fingerprint density at radius 1 is 0.290 bits per heavy atom. The molecule has 0 saturated carbocycles. The lowest BCUT2D eigenvalue weighted by molar-refractivity contribution is -0.161. The lowest BCUT2D eigenvalue weighted by Gasteiger charge is -2.21. The van der Waals surface area contributed by atoms with Crippen molar-refractivity contribution in [3.8, 4) is 0 Å². The maximum atomic E-state index is 13.1. The molecule has 0 bridgehead atoms. The second kappa shape index (κ2) is 73.5. The highest BCUT2D eigenvalue weighted by molar-refractivity contribution is 7.47. The minimum Gasteiger partial charge on any atom is -0.462 e. The zero-order valence-corrected chi connectivity index (χ0v) is 65.2. The van der Waals surface area contributed by atoms with E-state index in [1.54, 1.807) is 0 Å². The quantitative estimate of drug-likeness (QED) is 0.0169. The third-order valence-corrected chi connectivity index (χ3v) is 18.8. The van der Waals surface area contributed by atoms with Gasteiger partial charge in [0.15, 0.2) is 12.2 Å². The van der Waals surface area contributed by atoms with E-state index in [9.17, 15) is 43.2 Å². The number of allylic oxidation sites excluding steroid dienone is 14. The molecule has 0 aromatic rings. The Kier molecular flexibility index (Phi) is 70.8. The van der Waals surface area contributed by atoms with Crippen molar-refractivity contribution in [3.05, 3.63) is 85.1 Å². The first-order valence-corrected chi connectivity index (χ1v) is 42.8. The maximum Gasteiger partial charge on any atom is 0.472 e. The van der Waals surface area contributed by atoms with E-state index in [2.05, 4.69) is 101 Å². The van der Waals surface area contributed by atoms with E-state index < -0.39 is 97.5 Å². The van der Waals surface area contributed by atoms with Crippen LogP contribution in [0.2, 0.25) is 0 Å². The number of ether oxygens (including phenoxy) is 4. The van der Waals surface area contributed by atoms with Gasteiger partial charge < -0.3 is 33.8 Å². The Hall–Kier alpha value is -3.76. The van der Waals surface area contributed by atoms with Crippen molar-refractivity contribution in [2.24, 2.45) is 0 Å². The SMILES string of the molecule is CC/C=C\C/C=C\C/C=C\C/C=C\C/C=C\C/C=C\CCC(=O)OCC(COP(=O)(O)OCC(O)COP(=O)(O)OCC(COC(=O)CCCCCCC/C=C\CCCCCC)OC(=O)CCCCCCCCCCCCCCC)OC(=O)CCCCCCCCCCCCCCCCC. The molecule has 100 heavy (non-hydrogen) atoms. The average molecular weight is 1450 g/mol.